The fourth-order valence-corrected chi connectivity index (χ4v) is 4.64. The van der Waals surface area contributed by atoms with Crippen molar-refractivity contribution in [1.29, 1.82) is 0 Å². The SMILES string of the molecule is O=C(OCC(F)(OC(F)(F)C(F)(OC(F)(F)C(F)(OC(F)(F)C(F)(OC(F)(F)C(F)(F)C(F)(F)F)C(F)(F)F)C(F)(F)F)C(F)(F)F)C(F)(F)F)c1c2ccccc2cc2ccccc12. The van der Waals surface area contributed by atoms with Crippen LogP contribution in [0.2, 0.25) is 0 Å². The van der Waals surface area contributed by atoms with Crippen molar-refractivity contribution in [2.24, 2.45) is 0 Å². The van der Waals surface area contributed by atoms with Crippen molar-refractivity contribution in [1.82, 2.24) is 0 Å². The zero-order valence-corrected chi connectivity index (χ0v) is 29.3. The van der Waals surface area contributed by atoms with Crippen LogP contribution >= 0.6 is 0 Å². The molecule has 0 bridgehead atoms. The summed E-state index contributed by atoms with van der Waals surface area (Å²) in [5.41, 5.74) is -0.942. The molecule has 0 amide bonds. The number of alkyl halides is 29. The minimum absolute atomic E-state index is 0.0256. The third-order valence-electron chi connectivity index (χ3n) is 7.82. The minimum atomic E-state index is -9.26. The van der Waals surface area contributed by atoms with Crippen LogP contribution in [0.4, 0.5) is 127 Å². The van der Waals surface area contributed by atoms with E-state index >= 15 is 8.78 Å². The number of halogens is 29. The van der Waals surface area contributed by atoms with Crippen LogP contribution < -0.4 is 0 Å². The molecule has 0 spiro atoms. The number of hydrogen-bond acceptors (Lipinski definition) is 6. The Bertz CT molecular complexity index is 2160. The first-order chi connectivity index (χ1) is 28.5. The van der Waals surface area contributed by atoms with E-state index in [0.29, 0.717) is 0 Å². The average Bonchev–Trinajstić information content (AvgIpc) is 3.09. The number of carbonyl (C=O) groups is 1. The largest absolute Gasteiger partial charge is 0.462 e. The maximum Gasteiger partial charge on any atom is 0.462 e. The van der Waals surface area contributed by atoms with Gasteiger partial charge in [-0.1, -0.05) is 48.5 Å². The highest BCUT2D eigenvalue weighted by Gasteiger charge is 2.90. The van der Waals surface area contributed by atoms with Crippen LogP contribution in [0.25, 0.3) is 21.5 Å². The topological polar surface area (TPSA) is 63.2 Å². The average molecular weight is 1020 g/mol. The summed E-state index contributed by atoms with van der Waals surface area (Å²) in [6.07, 6.45) is -77.4. The summed E-state index contributed by atoms with van der Waals surface area (Å²) in [5.74, 6) is -44.9. The van der Waals surface area contributed by atoms with Gasteiger partial charge in [-0.15, -0.1) is 0 Å². The van der Waals surface area contributed by atoms with Crippen LogP contribution in [0.5, 0.6) is 0 Å². The zero-order chi connectivity index (χ0) is 51.1. The van der Waals surface area contributed by atoms with Gasteiger partial charge in [0.05, 0.1) is 5.56 Å². The lowest BCUT2D eigenvalue weighted by Crippen LogP contribution is -2.72. The highest BCUT2D eigenvalue weighted by atomic mass is 19.4. The Balaban J connectivity index is 2.16. The summed E-state index contributed by atoms with van der Waals surface area (Å²) in [7, 11) is 0. The maximum atomic E-state index is 15.2. The van der Waals surface area contributed by atoms with Crippen LogP contribution in [-0.4, -0.2) is 97.2 Å². The number of hydrogen-bond donors (Lipinski definition) is 0. The van der Waals surface area contributed by atoms with Gasteiger partial charge in [-0.3, -0.25) is 18.9 Å². The smallest absolute Gasteiger partial charge is 0.456 e. The Labute approximate surface area is 335 Å². The van der Waals surface area contributed by atoms with Crippen molar-refractivity contribution in [2.75, 3.05) is 6.61 Å². The van der Waals surface area contributed by atoms with E-state index in [0.717, 1.165) is 33.7 Å². The van der Waals surface area contributed by atoms with Crippen LogP contribution in [0.3, 0.4) is 0 Å². The quantitative estimate of drug-likeness (QED) is 0.0859. The van der Waals surface area contributed by atoms with Crippen LogP contribution in [-0.2, 0) is 23.7 Å². The molecular formula is C30H11F29O6. The van der Waals surface area contributed by atoms with Gasteiger partial charge in [0, 0.05) is 0 Å². The summed E-state index contributed by atoms with van der Waals surface area (Å²) >= 11 is 0. The van der Waals surface area contributed by atoms with E-state index < -0.39 is 103 Å². The van der Waals surface area contributed by atoms with Gasteiger partial charge < -0.3 is 4.74 Å². The summed E-state index contributed by atoms with van der Waals surface area (Å²) in [6.45, 7) is -3.65. The monoisotopic (exact) mass is 1020 g/mol. The molecule has 0 aliphatic carbocycles. The van der Waals surface area contributed by atoms with Crippen LogP contribution in [0, 0.1) is 0 Å². The van der Waals surface area contributed by atoms with Crippen molar-refractivity contribution >= 4 is 27.5 Å². The number of ether oxygens (including phenoxy) is 5. The predicted octanol–water partition coefficient (Wildman–Crippen LogP) is 12.7. The lowest BCUT2D eigenvalue weighted by atomic mass is 9.97. The van der Waals surface area contributed by atoms with Crippen LogP contribution in [0.1, 0.15) is 10.4 Å². The maximum absolute atomic E-state index is 15.2. The molecule has 0 N–H and O–H groups in total. The minimum Gasteiger partial charge on any atom is -0.456 e. The molecule has 4 atom stereocenters. The molecule has 3 aromatic carbocycles. The third-order valence-corrected chi connectivity index (χ3v) is 7.82. The molecule has 0 aliphatic rings. The zero-order valence-electron chi connectivity index (χ0n) is 29.3. The lowest BCUT2D eigenvalue weighted by molar-refractivity contribution is -0.593. The van der Waals surface area contributed by atoms with E-state index in [1.807, 2.05) is 4.74 Å². The lowest BCUT2D eigenvalue weighted by Gasteiger charge is -2.44. The van der Waals surface area contributed by atoms with Crippen molar-refractivity contribution in [3.05, 3.63) is 60.2 Å². The van der Waals surface area contributed by atoms with Gasteiger partial charge in [-0.05, 0) is 27.6 Å². The molecule has 0 saturated carbocycles. The van der Waals surface area contributed by atoms with Crippen molar-refractivity contribution in [3.63, 3.8) is 0 Å². The van der Waals surface area contributed by atoms with Gasteiger partial charge in [-0.2, -0.15) is 127 Å². The van der Waals surface area contributed by atoms with Gasteiger partial charge in [0.15, 0.2) is 6.61 Å². The van der Waals surface area contributed by atoms with E-state index in [4.69, 9.17) is 0 Å². The molecule has 3 aromatic rings. The van der Waals surface area contributed by atoms with E-state index in [2.05, 4.69) is 4.74 Å². The Morgan fingerprint density at radius 1 is 0.385 bits per heavy atom. The highest BCUT2D eigenvalue weighted by Crippen LogP contribution is 2.61. The molecule has 3 rings (SSSR count). The fourth-order valence-electron chi connectivity index (χ4n) is 4.64. The molecule has 65 heavy (non-hydrogen) atoms. The Morgan fingerprint density at radius 3 is 1.00 bits per heavy atom. The number of benzene rings is 3. The Hall–Kier alpha value is -4.54. The molecule has 6 nitrogen and oxygen atoms in total. The molecule has 0 heterocycles. The molecule has 35 heteroatoms. The first-order valence-corrected chi connectivity index (χ1v) is 15.4. The summed E-state index contributed by atoms with van der Waals surface area (Å²) in [6, 6.07) is 10.3. The molecule has 0 aliphatic heterocycles. The number of esters is 1. The number of carbonyl (C=O) groups excluding carboxylic acids is 1. The predicted molar refractivity (Wildman–Crippen MR) is 146 cm³/mol. The van der Waals surface area contributed by atoms with Gasteiger partial charge in [0.2, 0.25) is 0 Å². The molecular weight excluding hydrogens is 1010 g/mol. The van der Waals surface area contributed by atoms with E-state index in [1.165, 1.54) is 35.1 Å². The Kier molecular flexibility index (Phi) is 13.5. The second kappa shape index (κ2) is 16.1. The highest BCUT2D eigenvalue weighted by molar-refractivity contribution is 6.16. The number of fused-ring (bicyclic) bond motifs is 2. The summed E-state index contributed by atoms with van der Waals surface area (Å²) in [4.78, 5) is 12.9. The third kappa shape index (κ3) is 9.41. The second-order valence-electron chi connectivity index (χ2n) is 12.3. The molecule has 4 unspecified atom stereocenters. The van der Waals surface area contributed by atoms with Crippen molar-refractivity contribution < 1.29 is 156 Å². The standard InChI is InChI=1S/C30H11F29O6/c31-17(22(37,38)39,10-61-16(60)15-13-7-3-1-5-11(13)9-12-6-2-4-8-14(12)15)62-28(54,55)19(34,24(43,44)45)64-30(58,59)21(36,26(49,50)51)65-29(56,57)20(35,25(46,47)48)63-27(52,53)18(32,33)23(40,41)42/h1-9H,10H2. The molecule has 0 radical (unpaired) electrons. The first-order valence-electron chi connectivity index (χ1n) is 15.4. The van der Waals surface area contributed by atoms with Gasteiger partial charge >= 0.3 is 90.6 Å². The van der Waals surface area contributed by atoms with E-state index in [9.17, 15) is 123 Å². The fraction of sp³-hybridized carbons (Fsp3) is 0.500. The van der Waals surface area contributed by atoms with Crippen LogP contribution in [0.15, 0.2) is 54.6 Å². The molecule has 0 fully saturated rings. The van der Waals surface area contributed by atoms with E-state index in [-0.39, 0.29) is 21.5 Å². The summed E-state index contributed by atoms with van der Waals surface area (Å²) in [5, 5.41) is -0.771. The molecule has 0 aromatic heterocycles. The van der Waals surface area contributed by atoms with Gasteiger partial charge in [0.1, 0.15) is 0 Å². The normalized spacial score (nSPS) is 18.5. The molecule has 370 valence electrons. The molecule has 0 saturated heterocycles. The second-order valence-corrected chi connectivity index (χ2v) is 12.3. The van der Waals surface area contributed by atoms with Gasteiger partial charge in [-0.25, -0.2) is 4.79 Å². The summed E-state index contributed by atoms with van der Waals surface area (Å²) < 4.78 is 408. The first kappa shape index (κ1) is 54.8. The number of rotatable bonds is 15. The van der Waals surface area contributed by atoms with Crippen molar-refractivity contribution in [3.8, 4) is 0 Å². The van der Waals surface area contributed by atoms with E-state index in [1.54, 1.807) is 0 Å². The Morgan fingerprint density at radius 2 is 0.692 bits per heavy atom. The van der Waals surface area contributed by atoms with Crippen molar-refractivity contribution in [2.45, 2.75) is 84.7 Å². The van der Waals surface area contributed by atoms with Gasteiger partial charge in [0.25, 0.3) is 0 Å².